The van der Waals surface area contributed by atoms with E-state index in [0.717, 1.165) is 0 Å². The molecule has 1 aromatic heterocycles. The first-order valence-corrected chi connectivity index (χ1v) is 3.58. The Bertz CT molecular complexity index is 174. The first kappa shape index (κ1) is 6.11. The molecule has 0 aromatic carbocycles. The van der Waals surface area contributed by atoms with Crippen LogP contribution in [0.5, 0.6) is 0 Å². The van der Waals surface area contributed by atoms with E-state index < -0.39 is 0 Å². The number of hydrogen-bond donors (Lipinski definition) is 0. The predicted molar refractivity (Wildman–Crippen MR) is 36.2 cm³/mol. The first-order valence-electron chi connectivity index (χ1n) is 2.08. The van der Waals surface area contributed by atoms with Crippen LogP contribution in [0.3, 0.4) is 0 Å². The van der Waals surface area contributed by atoms with Crippen LogP contribution in [0, 0.1) is 0 Å². The van der Waals surface area contributed by atoms with Crippen molar-refractivity contribution in [3.8, 4) is 0 Å². The molecule has 0 aliphatic carbocycles. The van der Waals surface area contributed by atoms with E-state index in [0.29, 0.717) is 10.6 Å². The minimum Gasteiger partial charge on any atom is -0.243 e. The molecule has 1 aromatic rings. The number of rotatable bonds is 1. The molecule has 1 rings (SSSR count). The highest BCUT2D eigenvalue weighted by atomic mass is 79.9. The van der Waals surface area contributed by atoms with E-state index in [1.165, 1.54) is 0 Å². The molecule has 0 radical (unpaired) electrons. The van der Waals surface area contributed by atoms with E-state index >= 15 is 0 Å². The summed E-state index contributed by atoms with van der Waals surface area (Å²) >= 11 is 8.81. The summed E-state index contributed by atoms with van der Waals surface area (Å²) in [7, 11) is 0. The van der Waals surface area contributed by atoms with Crippen molar-refractivity contribution in [1.82, 2.24) is 9.78 Å². The number of hydrogen-bond acceptors (Lipinski definition) is 1. The quantitative estimate of drug-likeness (QED) is 0.626. The molecule has 0 N–H and O–H groups in total. The van der Waals surface area contributed by atoms with Gasteiger partial charge in [-0.3, -0.25) is 0 Å². The molecule has 0 fully saturated rings. The van der Waals surface area contributed by atoms with Crippen LogP contribution in [-0.2, 0) is 5.45 Å². The van der Waals surface area contributed by atoms with Crippen molar-refractivity contribution in [1.29, 1.82) is 0 Å². The van der Waals surface area contributed by atoms with Gasteiger partial charge in [0.15, 0.2) is 0 Å². The summed E-state index contributed by atoms with van der Waals surface area (Å²) in [6, 6.07) is 1.74. The van der Waals surface area contributed by atoms with Gasteiger partial charge in [-0.15, -0.1) is 0 Å². The van der Waals surface area contributed by atoms with Gasteiger partial charge in [-0.05, 0) is 6.07 Å². The van der Waals surface area contributed by atoms with Gasteiger partial charge in [0.05, 0.1) is 11.7 Å². The Hall–Kier alpha value is -0.0200. The highest BCUT2D eigenvalue weighted by Crippen LogP contribution is 2.06. The minimum atomic E-state index is 0.652. The van der Waals surface area contributed by atoms with Crippen LogP contribution in [0.2, 0.25) is 5.15 Å². The Balaban J connectivity index is 2.92. The average Bonchev–Trinajstić information content (AvgIpc) is 2.14. The summed E-state index contributed by atoms with van der Waals surface area (Å²) in [6.07, 6.45) is 1.66. The van der Waals surface area contributed by atoms with Gasteiger partial charge in [0.1, 0.15) is 5.15 Å². The van der Waals surface area contributed by atoms with E-state index in [2.05, 4.69) is 21.0 Å². The fourth-order valence-electron chi connectivity index (χ4n) is 0.404. The lowest BCUT2D eigenvalue weighted by Crippen LogP contribution is -1.91. The second kappa shape index (κ2) is 2.51. The fourth-order valence-corrected chi connectivity index (χ4v) is 1.11. The summed E-state index contributed by atoms with van der Waals surface area (Å²) in [5.41, 5.74) is 0.652. The Morgan fingerprint density at radius 1 is 1.88 bits per heavy atom. The SMILES string of the molecule is Clc1ccnn1CBr. The molecule has 2 nitrogen and oxygen atoms in total. The van der Waals surface area contributed by atoms with Crippen molar-refractivity contribution in [3.63, 3.8) is 0 Å². The molecule has 44 valence electrons. The third kappa shape index (κ3) is 1.03. The van der Waals surface area contributed by atoms with Gasteiger partial charge in [0.25, 0.3) is 0 Å². The second-order valence-electron chi connectivity index (χ2n) is 1.27. The van der Waals surface area contributed by atoms with E-state index in [1.54, 1.807) is 16.9 Å². The Kier molecular flexibility index (Phi) is 1.91. The third-order valence-corrected chi connectivity index (χ3v) is 1.57. The van der Waals surface area contributed by atoms with Crippen molar-refractivity contribution >= 4 is 27.5 Å². The molecule has 4 heteroatoms. The van der Waals surface area contributed by atoms with Crippen molar-refractivity contribution in [2.24, 2.45) is 0 Å². The van der Waals surface area contributed by atoms with Gasteiger partial charge in [-0.1, -0.05) is 27.5 Å². The summed E-state index contributed by atoms with van der Waals surface area (Å²) in [5.74, 6) is 0. The molecule has 1 heterocycles. The fraction of sp³-hybridized carbons (Fsp3) is 0.250. The molecule has 0 spiro atoms. The zero-order chi connectivity index (χ0) is 5.98. The summed E-state index contributed by atoms with van der Waals surface area (Å²) < 4.78 is 1.64. The van der Waals surface area contributed by atoms with Gasteiger partial charge in [-0.2, -0.15) is 5.10 Å². The van der Waals surface area contributed by atoms with Crippen molar-refractivity contribution in [2.45, 2.75) is 5.45 Å². The average molecular weight is 195 g/mol. The molecule has 0 unspecified atom stereocenters. The minimum absolute atomic E-state index is 0.652. The molecular weight excluding hydrogens is 191 g/mol. The molecule has 0 bridgehead atoms. The van der Waals surface area contributed by atoms with E-state index in [9.17, 15) is 0 Å². The molecule has 0 amide bonds. The zero-order valence-corrected chi connectivity index (χ0v) is 6.35. The Morgan fingerprint density at radius 2 is 2.62 bits per heavy atom. The number of aromatic nitrogens is 2. The van der Waals surface area contributed by atoms with Gasteiger partial charge in [0.2, 0.25) is 0 Å². The molecule has 0 saturated carbocycles. The molecule has 0 aliphatic heterocycles. The zero-order valence-electron chi connectivity index (χ0n) is 4.01. The normalized spacial score (nSPS) is 9.75. The smallest absolute Gasteiger partial charge is 0.128 e. The van der Waals surface area contributed by atoms with Crippen LogP contribution in [-0.4, -0.2) is 9.78 Å². The molecule has 0 saturated heterocycles. The van der Waals surface area contributed by atoms with Gasteiger partial charge >= 0.3 is 0 Å². The summed E-state index contributed by atoms with van der Waals surface area (Å²) in [5, 5.41) is 4.53. The van der Waals surface area contributed by atoms with E-state index in [4.69, 9.17) is 11.6 Å². The lowest BCUT2D eigenvalue weighted by Gasteiger charge is -1.91. The highest BCUT2D eigenvalue weighted by molar-refractivity contribution is 9.08. The maximum absolute atomic E-state index is 5.61. The second-order valence-corrected chi connectivity index (χ2v) is 2.16. The van der Waals surface area contributed by atoms with Crippen molar-refractivity contribution in [3.05, 3.63) is 17.4 Å². The molecule has 8 heavy (non-hydrogen) atoms. The number of alkyl halides is 1. The monoisotopic (exact) mass is 194 g/mol. The van der Waals surface area contributed by atoms with Crippen LogP contribution in [0.1, 0.15) is 0 Å². The van der Waals surface area contributed by atoms with Crippen LogP contribution in [0.25, 0.3) is 0 Å². The first-order chi connectivity index (χ1) is 3.84. The molecule has 0 aliphatic rings. The molecular formula is C4H4BrClN2. The van der Waals surface area contributed by atoms with E-state index in [1.807, 2.05) is 0 Å². The van der Waals surface area contributed by atoms with Crippen LogP contribution in [0.4, 0.5) is 0 Å². The standard InChI is InChI=1S/C4H4BrClN2/c5-3-8-4(6)1-2-7-8/h1-2H,3H2. The lowest BCUT2D eigenvalue weighted by atomic mass is 10.7. The van der Waals surface area contributed by atoms with Gasteiger partial charge < -0.3 is 0 Å². The Labute approximate surface area is 60.6 Å². The summed E-state index contributed by atoms with van der Waals surface area (Å²) in [6.45, 7) is 0. The van der Waals surface area contributed by atoms with Gasteiger partial charge in [0, 0.05) is 0 Å². The summed E-state index contributed by atoms with van der Waals surface area (Å²) in [4.78, 5) is 0. The number of nitrogens with zero attached hydrogens (tertiary/aromatic N) is 2. The van der Waals surface area contributed by atoms with Crippen LogP contribution >= 0.6 is 27.5 Å². The molecule has 0 atom stereocenters. The van der Waals surface area contributed by atoms with Gasteiger partial charge in [-0.25, -0.2) is 4.68 Å². The predicted octanol–water partition coefficient (Wildman–Crippen LogP) is 1.89. The third-order valence-electron chi connectivity index (χ3n) is 0.778. The maximum atomic E-state index is 5.61. The number of halogens is 2. The van der Waals surface area contributed by atoms with E-state index in [-0.39, 0.29) is 0 Å². The topological polar surface area (TPSA) is 17.8 Å². The van der Waals surface area contributed by atoms with Crippen molar-refractivity contribution < 1.29 is 0 Å². The highest BCUT2D eigenvalue weighted by Gasteiger charge is 1.92. The largest absolute Gasteiger partial charge is 0.243 e. The maximum Gasteiger partial charge on any atom is 0.128 e. The van der Waals surface area contributed by atoms with Crippen molar-refractivity contribution in [2.75, 3.05) is 0 Å². The van der Waals surface area contributed by atoms with Crippen LogP contribution < -0.4 is 0 Å². The Morgan fingerprint density at radius 3 is 2.88 bits per heavy atom. The lowest BCUT2D eigenvalue weighted by molar-refractivity contribution is 0.760. The van der Waals surface area contributed by atoms with Crippen LogP contribution in [0.15, 0.2) is 12.3 Å².